The predicted octanol–water partition coefficient (Wildman–Crippen LogP) is 3.34. The highest BCUT2D eigenvalue weighted by Crippen LogP contribution is 2.36. The smallest absolute Gasteiger partial charge is 0.131 e. The second-order valence-corrected chi connectivity index (χ2v) is 4.82. The Hall–Kier alpha value is -2.62. The number of anilines is 1. The number of rotatable bonds is 2. The molecule has 0 spiro atoms. The number of aryl methyl sites for hydroxylation is 2. The number of H-pyrrole nitrogens is 1. The molecule has 0 aliphatic carbocycles. The monoisotopic (exact) mass is 264 g/mol. The quantitative estimate of drug-likeness (QED) is 0.746. The lowest BCUT2D eigenvalue weighted by atomic mass is 9.97. The first-order valence-electron chi connectivity index (χ1n) is 6.50. The van der Waals surface area contributed by atoms with Gasteiger partial charge < -0.3 is 5.73 Å². The van der Waals surface area contributed by atoms with E-state index in [0.29, 0.717) is 5.82 Å². The normalized spacial score (nSPS) is 10.7. The lowest BCUT2D eigenvalue weighted by molar-refractivity contribution is 1.05. The number of hydrogen-bond donors (Lipinski definition) is 2. The highest BCUT2D eigenvalue weighted by Gasteiger charge is 2.17. The van der Waals surface area contributed by atoms with Crippen molar-refractivity contribution in [1.29, 1.82) is 0 Å². The Morgan fingerprint density at radius 3 is 2.50 bits per heavy atom. The van der Waals surface area contributed by atoms with E-state index < -0.39 is 0 Å². The van der Waals surface area contributed by atoms with E-state index >= 15 is 0 Å². The maximum absolute atomic E-state index is 6.01. The highest BCUT2D eigenvalue weighted by molar-refractivity contribution is 5.87. The molecule has 3 N–H and O–H groups in total. The van der Waals surface area contributed by atoms with E-state index in [9.17, 15) is 0 Å². The summed E-state index contributed by atoms with van der Waals surface area (Å²) in [6.07, 6.45) is 1.70. The zero-order valence-electron chi connectivity index (χ0n) is 11.5. The summed E-state index contributed by atoms with van der Waals surface area (Å²) in [5.74, 6) is 0.520. The van der Waals surface area contributed by atoms with Crippen LogP contribution in [0.5, 0.6) is 0 Å². The maximum Gasteiger partial charge on any atom is 0.131 e. The molecule has 0 atom stereocenters. The first-order chi connectivity index (χ1) is 9.68. The lowest BCUT2D eigenvalue weighted by Crippen LogP contribution is -1.95. The van der Waals surface area contributed by atoms with Crippen LogP contribution in [-0.2, 0) is 0 Å². The van der Waals surface area contributed by atoms with Crippen LogP contribution in [0.2, 0.25) is 0 Å². The molecule has 3 aromatic rings. The molecular weight excluding hydrogens is 248 g/mol. The fraction of sp³-hybridized carbons (Fsp3) is 0.125. The minimum atomic E-state index is 0.520. The van der Waals surface area contributed by atoms with Gasteiger partial charge >= 0.3 is 0 Å². The number of aromatic amines is 1. The van der Waals surface area contributed by atoms with E-state index in [1.807, 2.05) is 31.2 Å². The molecule has 2 heterocycles. The molecule has 100 valence electrons. The molecule has 4 heteroatoms. The minimum absolute atomic E-state index is 0.520. The summed E-state index contributed by atoms with van der Waals surface area (Å²) >= 11 is 0. The molecule has 0 radical (unpaired) electrons. The summed E-state index contributed by atoms with van der Waals surface area (Å²) < 4.78 is 0. The first-order valence-corrected chi connectivity index (χ1v) is 6.50. The fourth-order valence-corrected chi connectivity index (χ4v) is 2.42. The van der Waals surface area contributed by atoms with Gasteiger partial charge in [0.25, 0.3) is 0 Å². The number of benzene rings is 1. The Morgan fingerprint density at radius 1 is 1.00 bits per heavy atom. The maximum atomic E-state index is 6.01. The fourth-order valence-electron chi connectivity index (χ4n) is 2.42. The molecule has 0 aliphatic heterocycles. The van der Waals surface area contributed by atoms with Crippen molar-refractivity contribution >= 4 is 5.82 Å². The summed E-state index contributed by atoms with van der Waals surface area (Å²) in [7, 11) is 0. The van der Waals surface area contributed by atoms with Gasteiger partial charge in [-0.25, -0.2) is 4.98 Å². The minimum Gasteiger partial charge on any atom is -0.383 e. The summed E-state index contributed by atoms with van der Waals surface area (Å²) in [6.45, 7) is 4.08. The molecule has 3 rings (SSSR count). The molecule has 0 saturated heterocycles. The number of nitrogens with two attached hydrogens (primary N) is 1. The molecule has 1 aromatic carbocycles. The van der Waals surface area contributed by atoms with E-state index in [0.717, 1.165) is 28.1 Å². The second-order valence-electron chi connectivity index (χ2n) is 4.82. The molecule has 0 bridgehead atoms. The second kappa shape index (κ2) is 4.81. The van der Waals surface area contributed by atoms with Gasteiger partial charge in [-0.15, -0.1) is 0 Å². The van der Waals surface area contributed by atoms with Gasteiger partial charge in [0.15, 0.2) is 0 Å². The van der Waals surface area contributed by atoms with Crippen LogP contribution in [0.4, 0.5) is 5.82 Å². The van der Waals surface area contributed by atoms with Crippen molar-refractivity contribution < 1.29 is 0 Å². The number of nitrogens with one attached hydrogen (secondary N) is 1. The zero-order chi connectivity index (χ0) is 14.1. The third-order valence-electron chi connectivity index (χ3n) is 3.46. The lowest BCUT2D eigenvalue weighted by Gasteiger charge is -2.08. The van der Waals surface area contributed by atoms with Crippen molar-refractivity contribution in [3.63, 3.8) is 0 Å². The number of nitrogens with zero attached hydrogens (tertiary/aromatic N) is 2. The number of hydrogen-bond acceptors (Lipinski definition) is 3. The molecule has 4 nitrogen and oxygen atoms in total. The Morgan fingerprint density at radius 2 is 1.75 bits per heavy atom. The van der Waals surface area contributed by atoms with Crippen molar-refractivity contribution in [2.75, 3.05) is 5.73 Å². The van der Waals surface area contributed by atoms with Gasteiger partial charge in [0.1, 0.15) is 11.5 Å². The van der Waals surface area contributed by atoms with Gasteiger partial charge in [0, 0.05) is 28.6 Å². The first kappa shape index (κ1) is 12.4. The van der Waals surface area contributed by atoms with Gasteiger partial charge in [0.05, 0.1) is 0 Å². The predicted molar refractivity (Wildman–Crippen MR) is 81.1 cm³/mol. The van der Waals surface area contributed by atoms with Gasteiger partial charge in [-0.05, 0) is 31.5 Å². The van der Waals surface area contributed by atoms with E-state index in [1.165, 1.54) is 5.56 Å². The van der Waals surface area contributed by atoms with Crippen molar-refractivity contribution in [3.05, 3.63) is 53.9 Å². The molecule has 0 aliphatic rings. The Labute approximate surface area is 117 Å². The third-order valence-corrected chi connectivity index (χ3v) is 3.46. The molecule has 0 amide bonds. The van der Waals surface area contributed by atoms with Gasteiger partial charge in [-0.3, -0.25) is 5.10 Å². The SMILES string of the molecule is Cc1ccccc1-c1n[nH]c(C)c1-c1cccnc1N. The third kappa shape index (κ3) is 1.95. The van der Waals surface area contributed by atoms with Crippen LogP contribution >= 0.6 is 0 Å². The van der Waals surface area contributed by atoms with Crippen LogP contribution in [0.25, 0.3) is 22.4 Å². The number of aromatic nitrogens is 3. The van der Waals surface area contributed by atoms with Crippen molar-refractivity contribution in [2.45, 2.75) is 13.8 Å². The largest absolute Gasteiger partial charge is 0.383 e. The molecular formula is C16H16N4. The number of pyridine rings is 1. The molecule has 0 fully saturated rings. The van der Waals surface area contributed by atoms with Gasteiger partial charge in [-0.2, -0.15) is 5.10 Å². The topological polar surface area (TPSA) is 67.6 Å². The molecule has 20 heavy (non-hydrogen) atoms. The zero-order valence-corrected chi connectivity index (χ0v) is 11.5. The van der Waals surface area contributed by atoms with Crippen molar-refractivity contribution in [3.8, 4) is 22.4 Å². The van der Waals surface area contributed by atoms with E-state index in [-0.39, 0.29) is 0 Å². The average molecular weight is 264 g/mol. The van der Waals surface area contributed by atoms with Crippen LogP contribution in [0.3, 0.4) is 0 Å². The summed E-state index contributed by atoms with van der Waals surface area (Å²) in [4.78, 5) is 4.17. The number of nitrogen functional groups attached to an aromatic ring is 1. The Bertz CT molecular complexity index is 759. The Kier molecular flexibility index (Phi) is 2.99. The van der Waals surface area contributed by atoms with Gasteiger partial charge in [0.2, 0.25) is 0 Å². The molecule has 2 aromatic heterocycles. The molecule has 0 saturated carbocycles. The van der Waals surface area contributed by atoms with E-state index in [4.69, 9.17) is 5.73 Å². The van der Waals surface area contributed by atoms with Crippen LogP contribution < -0.4 is 5.73 Å². The summed E-state index contributed by atoms with van der Waals surface area (Å²) in [5, 5.41) is 7.51. The standard InChI is InChI=1S/C16H16N4/c1-10-6-3-4-7-12(10)15-14(11(2)19-20-15)13-8-5-9-18-16(13)17/h3-9H,1-2H3,(H2,17,18)(H,19,20). The van der Waals surface area contributed by atoms with E-state index in [2.05, 4.69) is 34.2 Å². The van der Waals surface area contributed by atoms with Crippen molar-refractivity contribution in [1.82, 2.24) is 15.2 Å². The van der Waals surface area contributed by atoms with E-state index in [1.54, 1.807) is 6.20 Å². The highest BCUT2D eigenvalue weighted by atomic mass is 15.1. The summed E-state index contributed by atoms with van der Waals surface area (Å²) in [5.41, 5.74) is 12.1. The van der Waals surface area contributed by atoms with Crippen LogP contribution in [0.1, 0.15) is 11.3 Å². The van der Waals surface area contributed by atoms with Crippen LogP contribution in [0.15, 0.2) is 42.6 Å². The summed E-state index contributed by atoms with van der Waals surface area (Å²) in [6, 6.07) is 12.1. The van der Waals surface area contributed by atoms with Crippen LogP contribution in [0, 0.1) is 13.8 Å². The van der Waals surface area contributed by atoms with Gasteiger partial charge in [-0.1, -0.05) is 24.3 Å². The Balaban J connectivity index is 2.26. The van der Waals surface area contributed by atoms with Crippen molar-refractivity contribution in [2.24, 2.45) is 0 Å². The van der Waals surface area contributed by atoms with Crippen LogP contribution in [-0.4, -0.2) is 15.2 Å². The average Bonchev–Trinajstić information content (AvgIpc) is 2.82. The molecule has 0 unspecified atom stereocenters.